The van der Waals surface area contributed by atoms with E-state index in [9.17, 15) is 9.90 Å². The highest BCUT2D eigenvalue weighted by atomic mass is 16.5. The minimum atomic E-state index is -0.714. The summed E-state index contributed by atoms with van der Waals surface area (Å²) in [6.07, 6.45) is 7.21. The molecule has 1 saturated carbocycles. The van der Waals surface area contributed by atoms with E-state index < -0.39 is 5.41 Å². The van der Waals surface area contributed by atoms with Crippen LogP contribution in [-0.2, 0) is 10.2 Å². The standard InChI is InChI=1S/C29H40O4/c1-6-28(4,5)33-25-16-12-23(13-17-25)29(18-8-7-9-19-29)22-10-14-24(15-11-22)32-26(31)27(2,3)20-21-30/h10-17,30H,6-9,18-21H2,1-5H3. The van der Waals surface area contributed by atoms with Gasteiger partial charge in [0.05, 0.1) is 5.41 Å². The number of hydrogen-bond acceptors (Lipinski definition) is 4. The number of benzene rings is 2. The minimum absolute atomic E-state index is 0.0320. The Hall–Kier alpha value is -2.33. The maximum atomic E-state index is 12.5. The third-order valence-corrected chi connectivity index (χ3v) is 7.27. The van der Waals surface area contributed by atoms with Crippen LogP contribution in [0, 0.1) is 5.41 Å². The lowest BCUT2D eigenvalue weighted by Crippen LogP contribution is -2.31. The molecule has 1 aliphatic rings. The van der Waals surface area contributed by atoms with Gasteiger partial charge in [0.25, 0.3) is 0 Å². The van der Waals surface area contributed by atoms with Crippen molar-refractivity contribution in [1.29, 1.82) is 0 Å². The molecule has 33 heavy (non-hydrogen) atoms. The van der Waals surface area contributed by atoms with E-state index in [0.717, 1.165) is 25.0 Å². The highest BCUT2D eigenvalue weighted by molar-refractivity contribution is 5.78. The second kappa shape index (κ2) is 10.3. The molecule has 1 aliphatic carbocycles. The zero-order valence-corrected chi connectivity index (χ0v) is 20.9. The Labute approximate surface area is 199 Å². The lowest BCUT2D eigenvalue weighted by Gasteiger charge is -2.39. The first-order chi connectivity index (χ1) is 15.6. The van der Waals surface area contributed by atoms with Crippen LogP contribution in [-0.4, -0.2) is 23.3 Å². The van der Waals surface area contributed by atoms with Crippen LogP contribution in [0.5, 0.6) is 11.5 Å². The van der Waals surface area contributed by atoms with Crippen LogP contribution < -0.4 is 9.47 Å². The Morgan fingerprint density at radius 2 is 1.39 bits per heavy atom. The normalized spacial score (nSPS) is 16.3. The Kier molecular flexibility index (Phi) is 7.89. The van der Waals surface area contributed by atoms with Crippen molar-refractivity contribution in [2.45, 2.75) is 90.6 Å². The van der Waals surface area contributed by atoms with Crippen molar-refractivity contribution >= 4 is 5.97 Å². The summed E-state index contributed by atoms with van der Waals surface area (Å²) in [5.74, 6) is 1.14. The van der Waals surface area contributed by atoms with Crippen molar-refractivity contribution in [2.24, 2.45) is 5.41 Å². The number of ether oxygens (including phenoxy) is 2. The molecular formula is C29H40O4. The fraction of sp³-hybridized carbons (Fsp3) is 0.552. The topological polar surface area (TPSA) is 55.8 Å². The summed E-state index contributed by atoms with van der Waals surface area (Å²) in [7, 11) is 0. The summed E-state index contributed by atoms with van der Waals surface area (Å²) >= 11 is 0. The molecule has 4 nitrogen and oxygen atoms in total. The van der Waals surface area contributed by atoms with Gasteiger partial charge in [-0.1, -0.05) is 50.5 Å². The molecule has 0 aromatic heterocycles. The Morgan fingerprint density at radius 3 is 1.88 bits per heavy atom. The summed E-state index contributed by atoms with van der Waals surface area (Å²) in [6.45, 7) is 9.92. The van der Waals surface area contributed by atoms with Crippen LogP contribution >= 0.6 is 0 Å². The number of esters is 1. The maximum absolute atomic E-state index is 12.5. The van der Waals surface area contributed by atoms with Crippen molar-refractivity contribution in [1.82, 2.24) is 0 Å². The summed E-state index contributed by atoms with van der Waals surface area (Å²) in [5, 5.41) is 9.20. The summed E-state index contributed by atoms with van der Waals surface area (Å²) in [6, 6.07) is 16.7. The zero-order valence-electron chi connectivity index (χ0n) is 20.9. The van der Waals surface area contributed by atoms with Gasteiger partial charge in [-0.3, -0.25) is 4.79 Å². The van der Waals surface area contributed by atoms with Crippen LogP contribution in [0.4, 0.5) is 0 Å². The van der Waals surface area contributed by atoms with Crippen LogP contribution in [0.3, 0.4) is 0 Å². The smallest absolute Gasteiger partial charge is 0.316 e. The molecule has 0 amide bonds. The predicted octanol–water partition coefficient (Wildman–Crippen LogP) is 6.82. The van der Waals surface area contributed by atoms with Crippen LogP contribution in [0.1, 0.15) is 90.7 Å². The zero-order chi connectivity index (χ0) is 24.1. The highest BCUT2D eigenvalue weighted by Crippen LogP contribution is 2.45. The summed E-state index contributed by atoms with van der Waals surface area (Å²) in [4.78, 5) is 12.5. The Morgan fingerprint density at radius 1 is 0.879 bits per heavy atom. The summed E-state index contributed by atoms with van der Waals surface area (Å²) in [5.41, 5.74) is 1.66. The van der Waals surface area contributed by atoms with Gasteiger partial charge >= 0.3 is 5.97 Å². The molecule has 0 radical (unpaired) electrons. The van der Waals surface area contributed by atoms with E-state index in [0.29, 0.717) is 12.2 Å². The molecular weight excluding hydrogens is 412 g/mol. The molecule has 0 spiro atoms. The quantitative estimate of drug-likeness (QED) is 0.335. The molecule has 1 fully saturated rings. The molecule has 0 unspecified atom stereocenters. The van der Waals surface area contributed by atoms with Gasteiger partial charge < -0.3 is 14.6 Å². The van der Waals surface area contributed by atoms with E-state index in [2.05, 4.69) is 57.2 Å². The van der Waals surface area contributed by atoms with E-state index in [1.54, 1.807) is 13.8 Å². The molecule has 0 saturated heterocycles. The molecule has 0 atom stereocenters. The number of aliphatic hydroxyl groups excluding tert-OH is 1. The van der Waals surface area contributed by atoms with Gasteiger partial charge in [0.1, 0.15) is 17.1 Å². The third kappa shape index (κ3) is 5.97. The molecule has 0 heterocycles. The van der Waals surface area contributed by atoms with Crippen molar-refractivity contribution < 1.29 is 19.4 Å². The van der Waals surface area contributed by atoms with Crippen molar-refractivity contribution in [3.8, 4) is 11.5 Å². The van der Waals surface area contributed by atoms with Crippen molar-refractivity contribution in [3.63, 3.8) is 0 Å². The fourth-order valence-electron chi connectivity index (χ4n) is 4.60. The molecule has 2 aromatic carbocycles. The number of carbonyl (C=O) groups excluding carboxylic acids is 1. The van der Waals surface area contributed by atoms with Crippen LogP contribution in [0.2, 0.25) is 0 Å². The molecule has 0 bridgehead atoms. The molecule has 1 N–H and O–H groups in total. The van der Waals surface area contributed by atoms with E-state index in [4.69, 9.17) is 9.47 Å². The average molecular weight is 453 g/mol. The van der Waals surface area contributed by atoms with Gasteiger partial charge in [0, 0.05) is 12.0 Å². The van der Waals surface area contributed by atoms with Gasteiger partial charge in [0.2, 0.25) is 0 Å². The first kappa shape index (κ1) is 25.3. The fourth-order valence-corrected chi connectivity index (χ4v) is 4.60. The Bertz CT molecular complexity index is 904. The first-order valence-electron chi connectivity index (χ1n) is 12.4. The van der Waals surface area contributed by atoms with Gasteiger partial charge in [-0.15, -0.1) is 0 Å². The highest BCUT2D eigenvalue weighted by Gasteiger charge is 2.36. The summed E-state index contributed by atoms with van der Waals surface area (Å²) < 4.78 is 11.8. The van der Waals surface area contributed by atoms with Crippen molar-refractivity contribution in [2.75, 3.05) is 6.61 Å². The lowest BCUT2D eigenvalue weighted by molar-refractivity contribution is -0.144. The molecule has 0 aliphatic heterocycles. The minimum Gasteiger partial charge on any atom is -0.488 e. The van der Waals surface area contributed by atoms with Crippen LogP contribution in [0.25, 0.3) is 0 Å². The molecule has 3 rings (SSSR count). The number of carbonyl (C=O) groups is 1. The lowest BCUT2D eigenvalue weighted by atomic mass is 9.65. The second-order valence-corrected chi connectivity index (χ2v) is 10.7. The van der Waals surface area contributed by atoms with E-state index in [1.165, 1.54) is 30.4 Å². The molecule has 4 heteroatoms. The molecule has 180 valence electrons. The predicted molar refractivity (Wildman–Crippen MR) is 133 cm³/mol. The van der Waals surface area contributed by atoms with Crippen molar-refractivity contribution in [3.05, 3.63) is 59.7 Å². The largest absolute Gasteiger partial charge is 0.488 e. The van der Waals surface area contributed by atoms with Gasteiger partial charge in [-0.2, -0.15) is 0 Å². The number of rotatable bonds is 9. The monoisotopic (exact) mass is 452 g/mol. The van der Waals surface area contributed by atoms with Gasteiger partial charge in [-0.05, 0) is 88.8 Å². The van der Waals surface area contributed by atoms with Gasteiger partial charge in [-0.25, -0.2) is 0 Å². The van der Waals surface area contributed by atoms with Gasteiger partial charge in [0.15, 0.2) is 0 Å². The first-order valence-corrected chi connectivity index (χ1v) is 12.4. The van der Waals surface area contributed by atoms with E-state index in [1.807, 2.05) is 12.1 Å². The van der Waals surface area contributed by atoms with Crippen LogP contribution in [0.15, 0.2) is 48.5 Å². The number of hydrogen-bond donors (Lipinski definition) is 1. The van der Waals surface area contributed by atoms with E-state index >= 15 is 0 Å². The third-order valence-electron chi connectivity index (χ3n) is 7.27. The molecule has 2 aromatic rings. The van der Waals surface area contributed by atoms with E-state index in [-0.39, 0.29) is 23.6 Å². The average Bonchev–Trinajstić information content (AvgIpc) is 2.80. The SMILES string of the molecule is CCC(C)(C)Oc1ccc(C2(c3ccc(OC(=O)C(C)(C)CCO)cc3)CCCCC2)cc1. The maximum Gasteiger partial charge on any atom is 0.316 e. The Balaban J connectivity index is 1.83. The number of aliphatic hydroxyl groups is 1. The second-order valence-electron chi connectivity index (χ2n) is 10.7.